The second-order valence-electron chi connectivity index (χ2n) is 24.9. The van der Waals surface area contributed by atoms with E-state index in [4.69, 9.17) is 18.9 Å². The number of rotatable bonds is 17. The van der Waals surface area contributed by atoms with Gasteiger partial charge in [-0.1, -0.05) is 140 Å². The van der Waals surface area contributed by atoms with Crippen LogP contribution in [0.5, 0.6) is 0 Å². The van der Waals surface area contributed by atoms with Crippen LogP contribution in [0.2, 0.25) is 0 Å². The maximum atomic E-state index is 13.3. The van der Waals surface area contributed by atoms with Gasteiger partial charge in [0.2, 0.25) is 0 Å². The molecule has 4 aliphatic carbocycles. The molecule has 7 aliphatic rings. The molecule has 3 aliphatic heterocycles. The summed E-state index contributed by atoms with van der Waals surface area (Å²) in [6.45, 7) is 13.1. The lowest BCUT2D eigenvalue weighted by atomic mass is 9.59. The number of nitrogens with one attached hydrogen (secondary N) is 2. The Bertz CT molecular complexity index is 3330. The summed E-state index contributed by atoms with van der Waals surface area (Å²) < 4.78 is 30.2. The molecule has 1 saturated heterocycles. The summed E-state index contributed by atoms with van der Waals surface area (Å²) in [5.41, 5.74) is 0.798. The number of unbranched alkanes of at least 4 members (excludes halogenated alkanes) is 10. The Kier molecular flexibility index (Phi) is 14.4. The number of methoxy groups -OCH3 is 1. The van der Waals surface area contributed by atoms with Crippen molar-refractivity contribution in [3.8, 4) is 0 Å². The summed E-state index contributed by atoms with van der Waals surface area (Å²) in [6.07, 6.45) is 15.7. The van der Waals surface area contributed by atoms with E-state index in [0.717, 1.165) is 80.4 Å². The van der Waals surface area contributed by atoms with Crippen molar-refractivity contribution < 1.29 is 53.4 Å². The van der Waals surface area contributed by atoms with Gasteiger partial charge in [0.25, 0.3) is 5.91 Å². The van der Waals surface area contributed by atoms with Gasteiger partial charge in [-0.05, 0) is 56.2 Å². The fourth-order valence-corrected chi connectivity index (χ4v) is 16.5. The number of aliphatic hydroxyl groups is 3. The van der Waals surface area contributed by atoms with Crippen LogP contribution in [0, 0.1) is 29.1 Å². The number of fused-ring (bicyclic) bond motifs is 18. The van der Waals surface area contributed by atoms with Gasteiger partial charge in [-0.2, -0.15) is 0 Å². The number of amides is 1. The van der Waals surface area contributed by atoms with E-state index in [-0.39, 0.29) is 43.7 Å². The van der Waals surface area contributed by atoms with Gasteiger partial charge in [0, 0.05) is 96.5 Å². The number of likely N-dealkylation sites (N-methyl/N-ethyl adjacent to an activating group) is 1. The average Bonchev–Trinajstić information content (AvgIpc) is 1.73. The van der Waals surface area contributed by atoms with E-state index in [1.807, 2.05) is 20.9 Å². The maximum absolute atomic E-state index is 13.3. The molecule has 1 amide bonds. The second-order valence-corrected chi connectivity index (χ2v) is 24.9. The first-order valence-corrected chi connectivity index (χ1v) is 29.4. The lowest BCUT2D eigenvalue weighted by Gasteiger charge is -2.53. The molecular formula is C64H82N4O11. The van der Waals surface area contributed by atoms with Crippen LogP contribution in [-0.4, -0.2) is 104 Å². The fourth-order valence-electron chi connectivity index (χ4n) is 16.5. The number of para-hydroxylation sites is 2. The number of nitrogens with zero attached hydrogens (tertiary/aromatic N) is 2. The number of benzene rings is 3. The first-order chi connectivity index (χ1) is 37.8. The molecule has 12 atom stereocenters. The highest BCUT2D eigenvalue weighted by Crippen LogP contribution is 2.77. The Labute approximate surface area is 463 Å². The Morgan fingerprint density at radius 1 is 0.861 bits per heavy atom. The molecule has 15 nitrogen and oxygen atoms in total. The van der Waals surface area contributed by atoms with E-state index in [9.17, 15) is 34.5 Å². The van der Waals surface area contributed by atoms with Gasteiger partial charge < -0.3 is 54.0 Å². The highest BCUT2D eigenvalue weighted by molar-refractivity contribution is 6.31. The Morgan fingerprint density at radius 3 is 2.13 bits per heavy atom. The quantitative estimate of drug-likeness (QED) is 0.0336. The zero-order chi connectivity index (χ0) is 56.1. The summed E-state index contributed by atoms with van der Waals surface area (Å²) in [5, 5.41) is 45.8. The summed E-state index contributed by atoms with van der Waals surface area (Å²) in [6, 6.07) is 17.0. The van der Waals surface area contributed by atoms with Crippen molar-refractivity contribution in [2.45, 2.75) is 192 Å². The lowest BCUT2D eigenvalue weighted by molar-refractivity contribution is -0.256. The van der Waals surface area contributed by atoms with E-state index in [2.05, 4.69) is 82.1 Å². The molecule has 3 fully saturated rings. The van der Waals surface area contributed by atoms with E-state index in [1.54, 1.807) is 33.1 Å². The third-order valence-electron chi connectivity index (χ3n) is 20.1. The molecule has 0 radical (unpaired) electrons. The largest absolute Gasteiger partial charge is 0.458 e. The topological polar surface area (TPSA) is 200 Å². The number of hydrogen-bond donors (Lipinski definition) is 5. The normalized spacial score (nSPS) is 32.6. The predicted octanol–water partition coefficient (Wildman–Crippen LogP) is 10.1. The lowest BCUT2D eigenvalue weighted by Crippen LogP contribution is -2.66. The zero-order valence-electron chi connectivity index (χ0n) is 47.7. The Hall–Kier alpha value is -5.42. The van der Waals surface area contributed by atoms with Crippen molar-refractivity contribution in [2.24, 2.45) is 29.1 Å². The number of ketones is 1. The third-order valence-corrected chi connectivity index (χ3v) is 20.1. The molecule has 2 aromatic heterocycles. The molecule has 2 saturated carbocycles. The first-order valence-electron chi connectivity index (χ1n) is 29.4. The van der Waals surface area contributed by atoms with Gasteiger partial charge >= 0.3 is 11.9 Å². The number of carbonyl (C=O) groups excluding carboxylic acids is 4. The monoisotopic (exact) mass is 1080 g/mol. The fraction of sp³-hybridized carbons (Fsp3) is 0.594. The van der Waals surface area contributed by atoms with E-state index in [0.29, 0.717) is 24.1 Å². The predicted molar refractivity (Wildman–Crippen MR) is 303 cm³/mol. The van der Waals surface area contributed by atoms with Gasteiger partial charge in [-0.15, -0.1) is 0 Å². The summed E-state index contributed by atoms with van der Waals surface area (Å²) >= 11 is 0. The van der Waals surface area contributed by atoms with Crippen molar-refractivity contribution in [1.82, 2.24) is 19.8 Å². The number of aromatic nitrogens is 2. The highest BCUT2D eigenvalue weighted by atomic mass is 16.6. The van der Waals surface area contributed by atoms with Crippen LogP contribution < -0.4 is 10.6 Å². The van der Waals surface area contributed by atoms with Gasteiger partial charge in [0.05, 0.1) is 39.8 Å². The van der Waals surface area contributed by atoms with Crippen LogP contribution in [0.3, 0.4) is 0 Å². The molecule has 15 heteroatoms. The highest BCUT2D eigenvalue weighted by Gasteiger charge is 2.88. The zero-order valence-corrected chi connectivity index (χ0v) is 47.7. The molecule has 0 spiro atoms. The molecule has 12 rings (SSSR count). The molecule has 424 valence electrons. The number of esters is 2. The number of aliphatic hydroxyl groups excluding tert-OH is 1. The maximum Gasteiger partial charge on any atom is 0.306 e. The smallest absolute Gasteiger partial charge is 0.306 e. The van der Waals surface area contributed by atoms with Gasteiger partial charge in [-0.3, -0.25) is 19.2 Å². The van der Waals surface area contributed by atoms with Crippen LogP contribution in [0.15, 0.2) is 71.8 Å². The average molecular weight is 1080 g/mol. The van der Waals surface area contributed by atoms with Crippen LogP contribution >= 0.6 is 0 Å². The van der Waals surface area contributed by atoms with E-state index >= 15 is 0 Å². The summed E-state index contributed by atoms with van der Waals surface area (Å²) in [5.74, 6) is -4.29. The van der Waals surface area contributed by atoms with Gasteiger partial charge in [0.1, 0.15) is 24.0 Å². The minimum atomic E-state index is -1.93. The van der Waals surface area contributed by atoms with Gasteiger partial charge in [-0.25, -0.2) is 0 Å². The molecule has 5 aromatic rings. The van der Waals surface area contributed by atoms with Crippen LogP contribution in [0.25, 0.3) is 43.6 Å². The van der Waals surface area contributed by atoms with Gasteiger partial charge in [0.15, 0.2) is 17.1 Å². The minimum absolute atomic E-state index is 0.00357. The third kappa shape index (κ3) is 8.15. The standard InChI is InChI=1S/C36H56O8.C28H26N4O3/c1-7-8-9-10-11-12-13-14-15-16-17-18-29(39)43-32-24(3)35(42)27(30-33(5,6)36(30,32)44-25(4)38)20-26(22-37)21-34(41)28(35)19-23(2)31(34)40;1-28-26(34-3)17(29-2)12-20(35-28)31-18-10-6-4-8-14(18)22-23-16(13-30-27(23)33)21-15-9-5-7-11-19(15)32(28)25(21)24(22)31/h19-20,24,27-28,30,32,37,41-42H,7-18,21-22H2,1-6H3;4-11,17,20,26,29H,12-13H2,1-3H3,(H,30,33)/t24-,27+,28-,30-,32-,34-,35-,36-;17-,20-,26-,28+/m10/s1. The Balaban J connectivity index is 0.000000170. The van der Waals surface area contributed by atoms with Crippen LogP contribution in [-0.2, 0) is 45.6 Å². The summed E-state index contributed by atoms with van der Waals surface area (Å²) in [4.78, 5) is 52.5. The molecule has 79 heavy (non-hydrogen) atoms. The van der Waals surface area contributed by atoms with Crippen LogP contribution in [0.1, 0.15) is 161 Å². The Morgan fingerprint density at radius 2 is 1.49 bits per heavy atom. The number of Topliss-reactive ketones (excluding diaryl/α,β-unsaturated/α-hetero) is 1. The van der Waals surface area contributed by atoms with E-state index < -0.39 is 75.4 Å². The SMILES string of the molecule is CCCCCCCCCCCCCC(=O)O[C@@H]1[C@@H](C)[C@@]2(O)[C@@H](C=C(CO)C[C@]3(O)C(=O)C(C)=C[C@@H]23)[C@@H]2C(C)(C)[C@]12OC(C)=O.CN[C@H]1C[C@@H]2O[C@](C)([C@H]1OC)n1c3ccccc3c3c4c(c5c6ccccc6n2c5c31)C(=O)NC4. The molecule has 5 N–H and O–H groups in total. The van der Waals surface area contributed by atoms with Crippen molar-refractivity contribution in [1.29, 1.82) is 0 Å². The van der Waals surface area contributed by atoms with Crippen molar-refractivity contribution in [2.75, 3.05) is 20.8 Å². The second kappa shape index (κ2) is 20.5. The molecule has 5 heterocycles. The first kappa shape index (κ1) is 55.5. The molecular weight excluding hydrogens is 1000 g/mol. The molecule has 3 aromatic carbocycles. The molecule has 2 bridgehead atoms. The van der Waals surface area contributed by atoms with E-state index in [1.165, 1.54) is 51.9 Å². The molecule has 0 unspecified atom stereocenters. The summed E-state index contributed by atoms with van der Waals surface area (Å²) in [7, 11) is 3.77. The van der Waals surface area contributed by atoms with Crippen molar-refractivity contribution >= 4 is 67.2 Å². The number of hydrogen-bond acceptors (Lipinski definition) is 12. The van der Waals surface area contributed by atoms with Crippen LogP contribution in [0.4, 0.5) is 0 Å². The number of ether oxygens (including phenoxy) is 4. The minimum Gasteiger partial charge on any atom is -0.458 e. The van der Waals surface area contributed by atoms with Crippen molar-refractivity contribution in [3.05, 3.63) is 83.0 Å². The van der Waals surface area contributed by atoms with Crippen molar-refractivity contribution in [3.63, 3.8) is 0 Å². The number of carbonyl (C=O) groups is 4.